The number of hydrogen-bond acceptors (Lipinski definition) is 9. The van der Waals surface area contributed by atoms with Crippen LogP contribution in [0.2, 0.25) is 0 Å². The van der Waals surface area contributed by atoms with Gasteiger partial charge in [-0.3, -0.25) is 4.57 Å². The van der Waals surface area contributed by atoms with E-state index >= 15 is 0 Å². The lowest BCUT2D eigenvalue weighted by molar-refractivity contribution is -0.0503. The summed E-state index contributed by atoms with van der Waals surface area (Å²) < 4.78 is 7.30. The summed E-state index contributed by atoms with van der Waals surface area (Å²) in [5, 5.41) is 33.2. The number of nitrogens with one attached hydrogen (secondary N) is 1. The third-order valence-electron chi connectivity index (χ3n) is 4.41. The molecule has 1 aliphatic heterocycles. The summed E-state index contributed by atoms with van der Waals surface area (Å²) >= 11 is 0. The number of aliphatic hydroxyl groups excluding tert-OH is 3. The molecule has 0 amide bonds. The summed E-state index contributed by atoms with van der Waals surface area (Å²) in [6.07, 6.45) is -0.801. The number of anilines is 2. The van der Waals surface area contributed by atoms with E-state index in [-0.39, 0.29) is 0 Å². The van der Waals surface area contributed by atoms with Crippen molar-refractivity contribution >= 4 is 22.9 Å². The molecule has 0 bridgehead atoms. The largest absolute Gasteiger partial charge is 0.394 e. The molecule has 3 rings (SSSR count). The van der Waals surface area contributed by atoms with Crippen molar-refractivity contribution in [1.29, 1.82) is 0 Å². The first-order valence-corrected chi connectivity index (χ1v) is 8.75. The van der Waals surface area contributed by atoms with E-state index in [0.717, 1.165) is 0 Å². The van der Waals surface area contributed by atoms with Gasteiger partial charge < -0.3 is 30.3 Å². The summed E-state index contributed by atoms with van der Waals surface area (Å²) in [7, 11) is 3.62. The van der Waals surface area contributed by atoms with Crippen LogP contribution >= 0.6 is 0 Å². The third-order valence-corrected chi connectivity index (χ3v) is 4.41. The van der Waals surface area contributed by atoms with Gasteiger partial charge in [-0.15, -0.1) is 0 Å². The summed E-state index contributed by atoms with van der Waals surface area (Å²) in [5.74, 6) is 1.05. The Labute approximate surface area is 157 Å². The van der Waals surface area contributed by atoms with E-state index in [1.54, 1.807) is 9.47 Å². The van der Waals surface area contributed by atoms with Crippen molar-refractivity contribution in [3.8, 4) is 0 Å². The predicted molar refractivity (Wildman–Crippen MR) is 101 cm³/mol. The quantitative estimate of drug-likeness (QED) is 0.509. The molecule has 10 heteroatoms. The minimum atomic E-state index is -1.23. The summed E-state index contributed by atoms with van der Waals surface area (Å²) in [6.45, 7) is 4.21. The highest BCUT2D eigenvalue weighted by molar-refractivity contribution is 5.85. The average Bonchev–Trinajstić information content (AvgIpc) is 3.14. The van der Waals surface area contributed by atoms with Crippen LogP contribution in [0.15, 0.2) is 18.0 Å². The van der Waals surface area contributed by atoms with E-state index in [9.17, 15) is 15.3 Å². The topological polar surface area (TPSA) is 129 Å². The molecule has 10 nitrogen and oxygen atoms in total. The SMILES string of the molecule is CC(C)=CCNc1ncnc2c1nc(N(C)C)n2[C@@H]1O[C@H](CO)[C@@H](O)[C@H]1O. The number of aliphatic hydroxyl groups is 3. The van der Waals surface area contributed by atoms with Crippen LogP contribution in [0.4, 0.5) is 11.8 Å². The first-order chi connectivity index (χ1) is 12.8. The Kier molecular flexibility index (Phi) is 5.61. The molecule has 2 aromatic rings. The molecule has 148 valence electrons. The van der Waals surface area contributed by atoms with Crippen molar-refractivity contribution in [2.75, 3.05) is 37.5 Å². The van der Waals surface area contributed by atoms with Crippen molar-refractivity contribution in [1.82, 2.24) is 19.5 Å². The van der Waals surface area contributed by atoms with Crippen LogP contribution in [-0.2, 0) is 4.74 Å². The molecule has 0 aromatic carbocycles. The summed E-state index contributed by atoms with van der Waals surface area (Å²) in [6, 6.07) is 0. The lowest BCUT2D eigenvalue weighted by Gasteiger charge is -2.21. The van der Waals surface area contributed by atoms with Gasteiger partial charge in [0, 0.05) is 20.6 Å². The van der Waals surface area contributed by atoms with Gasteiger partial charge in [-0.2, -0.15) is 0 Å². The Morgan fingerprint density at radius 2 is 2.04 bits per heavy atom. The van der Waals surface area contributed by atoms with E-state index in [0.29, 0.717) is 29.5 Å². The molecule has 3 heterocycles. The van der Waals surface area contributed by atoms with E-state index in [1.807, 2.05) is 34.0 Å². The highest BCUT2D eigenvalue weighted by atomic mass is 16.6. The predicted octanol–water partition coefficient (Wildman–Crippen LogP) is -0.118. The maximum Gasteiger partial charge on any atom is 0.209 e. The molecule has 0 aliphatic carbocycles. The Morgan fingerprint density at radius 3 is 2.63 bits per heavy atom. The maximum absolute atomic E-state index is 10.4. The number of allylic oxidation sites excluding steroid dienone is 1. The Hall–Kier alpha value is -2.27. The molecule has 2 aromatic heterocycles. The van der Waals surface area contributed by atoms with Crippen molar-refractivity contribution in [2.24, 2.45) is 0 Å². The van der Waals surface area contributed by atoms with Crippen LogP contribution in [0.5, 0.6) is 0 Å². The molecule has 1 saturated heterocycles. The van der Waals surface area contributed by atoms with Gasteiger partial charge >= 0.3 is 0 Å². The highest BCUT2D eigenvalue weighted by Gasteiger charge is 2.45. The van der Waals surface area contributed by atoms with Gasteiger partial charge in [0.1, 0.15) is 24.6 Å². The number of aromatic nitrogens is 4. The molecule has 4 atom stereocenters. The number of imidazole rings is 1. The van der Waals surface area contributed by atoms with Gasteiger partial charge in [0.25, 0.3) is 0 Å². The first-order valence-electron chi connectivity index (χ1n) is 8.75. The zero-order chi connectivity index (χ0) is 19.7. The fourth-order valence-electron chi connectivity index (χ4n) is 3.02. The molecule has 4 N–H and O–H groups in total. The molecule has 0 saturated carbocycles. The molecule has 0 radical (unpaired) electrons. The van der Waals surface area contributed by atoms with Crippen LogP contribution in [0.3, 0.4) is 0 Å². The zero-order valence-electron chi connectivity index (χ0n) is 15.9. The first kappa shape index (κ1) is 19.5. The molecule has 1 aliphatic rings. The van der Waals surface area contributed by atoms with Crippen LogP contribution < -0.4 is 10.2 Å². The van der Waals surface area contributed by atoms with E-state index in [4.69, 9.17) is 4.74 Å². The lowest BCUT2D eigenvalue weighted by atomic mass is 10.1. The molecule has 1 fully saturated rings. The van der Waals surface area contributed by atoms with Crippen LogP contribution in [-0.4, -0.2) is 80.4 Å². The van der Waals surface area contributed by atoms with Crippen molar-refractivity contribution < 1.29 is 20.1 Å². The fourth-order valence-corrected chi connectivity index (χ4v) is 3.02. The van der Waals surface area contributed by atoms with E-state index in [2.05, 4.69) is 20.3 Å². The summed E-state index contributed by atoms with van der Waals surface area (Å²) in [4.78, 5) is 15.0. The smallest absolute Gasteiger partial charge is 0.209 e. The Bertz CT molecular complexity index is 832. The molecular formula is C17H26N6O4. The van der Waals surface area contributed by atoms with Crippen molar-refractivity contribution in [3.63, 3.8) is 0 Å². The summed E-state index contributed by atoms with van der Waals surface area (Å²) in [5.41, 5.74) is 2.17. The van der Waals surface area contributed by atoms with Crippen LogP contribution in [0.25, 0.3) is 11.2 Å². The number of nitrogens with zero attached hydrogens (tertiary/aromatic N) is 5. The van der Waals surface area contributed by atoms with E-state index < -0.39 is 31.1 Å². The van der Waals surface area contributed by atoms with Crippen molar-refractivity contribution in [2.45, 2.75) is 38.4 Å². The zero-order valence-corrected chi connectivity index (χ0v) is 15.9. The van der Waals surface area contributed by atoms with Gasteiger partial charge in [0.15, 0.2) is 23.2 Å². The minimum absolute atomic E-state index is 0.400. The highest BCUT2D eigenvalue weighted by Crippen LogP contribution is 2.36. The number of hydrogen-bond donors (Lipinski definition) is 4. The van der Waals surface area contributed by atoms with Crippen LogP contribution in [0.1, 0.15) is 20.1 Å². The molecular weight excluding hydrogens is 352 g/mol. The minimum Gasteiger partial charge on any atom is -0.394 e. The van der Waals surface area contributed by atoms with Gasteiger partial charge in [0.2, 0.25) is 5.95 Å². The molecule has 0 unspecified atom stereocenters. The second-order valence-corrected chi connectivity index (χ2v) is 6.96. The van der Waals surface area contributed by atoms with Gasteiger partial charge in [-0.1, -0.05) is 11.6 Å². The maximum atomic E-state index is 10.4. The van der Waals surface area contributed by atoms with E-state index in [1.165, 1.54) is 11.9 Å². The lowest BCUT2D eigenvalue weighted by Crippen LogP contribution is -2.33. The molecule has 0 spiro atoms. The fraction of sp³-hybridized carbons (Fsp3) is 0.588. The standard InChI is InChI=1S/C17H26N6O4/c1-9(2)5-6-18-14-11-15(20-8-19-14)23(17(21-11)22(3)4)16-13(26)12(25)10(7-24)27-16/h5,8,10,12-13,16,24-26H,6-7H2,1-4H3,(H,18,19,20)/t10-,12-,13-,16-/m1/s1. The third kappa shape index (κ3) is 3.61. The van der Waals surface area contributed by atoms with Gasteiger partial charge in [0.05, 0.1) is 6.61 Å². The number of ether oxygens (including phenoxy) is 1. The Morgan fingerprint density at radius 1 is 1.30 bits per heavy atom. The number of rotatable bonds is 6. The van der Waals surface area contributed by atoms with Gasteiger partial charge in [-0.25, -0.2) is 15.0 Å². The monoisotopic (exact) mass is 378 g/mol. The normalized spacial score (nSPS) is 25.0. The molecule has 27 heavy (non-hydrogen) atoms. The second kappa shape index (κ2) is 7.77. The number of fused-ring (bicyclic) bond motifs is 1. The average molecular weight is 378 g/mol. The Balaban J connectivity index is 2.07. The van der Waals surface area contributed by atoms with Gasteiger partial charge in [-0.05, 0) is 13.8 Å². The van der Waals surface area contributed by atoms with Crippen molar-refractivity contribution in [3.05, 3.63) is 18.0 Å². The van der Waals surface area contributed by atoms with Crippen LogP contribution in [0, 0.1) is 0 Å². The second-order valence-electron chi connectivity index (χ2n) is 6.96.